The zero-order chi connectivity index (χ0) is 14.1. The van der Waals surface area contributed by atoms with Crippen LogP contribution in [0.4, 0.5) is 0 Å². The molecule has 4 heteroatoms. The van der Waals surface area contributed by atoms with Crippen LogP contribution in [0, 0.1) is 0 Å². The van der Waals surface area contributed by atoms with Crippen molar-refractivity contribution in [3.8, 4) is 5.75 Å². The minimum absolute atomic E-state index is 0.312. The highest BCUT2D eigenvalue weighted by molar-refractivity contribution is 6.35. The molecule has 104 valence electrons. The molecule has 0 radical (unpaired) electrons. The van der Waals surface area contributed by atoms with E-state index < -0.39 is 0 Å². The van der Waals surface area contributed by atoms with Crippen molar-refractivity contribution in [1.29, 1.82) is 0 Å². The molecule has 1 atom stereocenters. The van der Waals surface area contributed by atoms with E-state index in [1.54, 1.807) is 12.1 Å². The molecule has 3 rings (SSSR count). The third-order valence-corrected chi connectivity index (χ3v) is 4.16. The highest BCUT2D eigenvalue weighted by Gasteiger charge is 2.21. The maximum atomic E-state index is 6.38. The highest BCUT2D eigenvalue weighted by atomic mass is 35.5. The van der Waals surface area contributed by atoms with Crippen LogP contribution in [0.5, 0.6) is 5.75 Å². The van der Waals surface area contributed by atoms with E-state index in [1.807, 2.05) is 18.2 Å². The fourth-order valence-corrected chi connectivity index (χ4v) is 3.11. The van der Waals surface area contributed by atoms with Gasteiger partial charge in [0.05, 0.1) is 12.6 Å². The van der Waals surface area contributed by atoms with Crippen molar-refractivity contribution in [2.75, 3.05) is 6.61 Å². The maximum Gasteiger partial charge on any atom is 0.127 e. The van der Waals surface area contributed by atoms with Gasteiger partial charge in [-0.15, -0.1) is 0 Å². The van der Waals surface area contributed by atoms with E-state index in [2.05, 4.69) is 6.07 Å². The largest absolute Gasteiger partial charge is 0.493 e. The summed E-state index contributed by atoms with van der Waals surface area (Å²) in [6.07, 6.45) is 2.08. The van der Waals surface area contributed by atoms with Gasteiger partial charge in [0, 0.05) is 15.6 Å². The number of ether oxygens (including phenoxy) is 1. The minimum Gasteiger partial charge on any atom is -0.493 e. The van der Waals surface area contributed by atoms with Crippen LogP contribution < -0.4 is 10.5 Å². The molecule has 0 spiro atoms. The van der Waals surface area contributed by atoms with Gasteiger partial charge in [0.25, 0.3) is 0 Å². The molecule has 2 nitrogen and oxygen atoms in total. The van der Waals surface area contributed by atoms with E-state index in [1.165, 1.54) is 5.56 Å². The second-order valence-electron chi connectivity index (χ2n) is 4.93. The first-order chi connectivity index (χ1) is 9.66. The molecule has 0 saturated heterocycles. The van der Waals surface area contributed by atoms with E-state index in [4.69, 9.17) is 33.7 Å². The number of hydrogen-bond acceptors (Lipinski definition) is 2. The molecule has 1 heterocycles. The summed E-state index contributed by atoms with van der Waals surface area (Å²) in [5.41, 5.74) is 9.44. The summed E-state index contributed by atoms with van der Waals surface area (Å²) in [4.78, 5) is 0. The predicted molar refractivity (Wildman–Crippen MR) is 82.8 cm³/mol. The highest BCUT2D eigenvalue weighted by Crippen LogP contribution is 2.37. The van der Waals surface area contributed by atoms with Crippen LogP contribution in [0.1, 0.15) is 29.2 Å². The molecule has 2 N–H and O–H groups in total. The number of nitrogens with two attached hydrogens (primary N) is 1. The van der Waals surface area contributed by atoms with E-state index in [9.17, 15) is 0 Å². The van der Waals surface area contributed by atoms with E-state index in [0.29, 0.717) is 10.0 Å². The first-order valence-electron chi connectivity index (χ1n) is 6.62. The SMILES string of the molecule is NC(c1ccc(Cl)cc1Cl)c1cccc2c1OCCC2. The molecule has 0 bridgehead atoms. The van der Waals surface area contributed by atoms with Gasteiger partial charge in [-0.05, 0) is 36.1 Å². The quantitative estimate of drug-likeness (QED) is 0.894. The van der Waals surface area contributed by atoms with Crippen molar-refractivity contribution in [2.45, 2.75) is 18.9 Å². The third-order valence-electron chi connectivity index (χ3n) is 3.60. The van der Waals surface area contributed by atoms with Gasteiger partial charge < -0.3 is 10.5 Å². The zero-order valence-electron chi connectivity index (χ0n) is 10.9. The summed E-state index contributed by atoms with van der Waals surface area (Å²) in [5, 5.41) is 1.19. The molecule has 1 unspecified atom stereocenters. The molecule has 0 amide bonds. The molecule has 1 aliphatic rings. The fraction of sp³-hybridized carbons (Fsp3) is 0.250. The molecular formula is C16H15Cl2NO. The van der Waals surface area contributed by atoms with E-state index >= 15 is 0 Å². The molecular weight excluding hydrogens is 293 g/mol. The van der Waals surface area contributed by atoms with Crippen molar-refractivity contribution in [3.63, 3.8) is 0 Å². The third kappa shape index (κ3) is 2.51. The lowest BCUT2D eigenvalue weighted by Gasteiger charge is -2.24. The smallest absolute Gasteiger partial charge is 0.127 e. The topological polar surface area (TPSA) is 35.2 Å². The monoisotopic (exact) mass is 307 g/mol. The molecule has 2 aromatic rings. The van der Waals surface area contributed by atoms with Crippen molar-refractivity contribution < 1.29 is 4.74 Å². The van der Waals surface area contributed by atoms with Crippen molar-refractivity contribution in [1.82, 2.24) is 0 Å². The summed E-state index contributed by atoms with van der Waals surface area (Å²) < 4.78 is 5.81. The van der Waals surface area contributed by atoms with Crippen molar-refractivity contribution in [3.05, 3.63) is 63.1 Å². The first kappa shape index (κ1) is 13.7. The van der Waals surface area contributed by atoms with Gasteiger partial charge in [-0.3, -0.25) is 0 Å². The van der Waals surface area contributed by atoms with Crippen LogP contribution in [-0.2, 0) is 6.42 Å². The lowest BCUT2D eigenvalue weighted by atomic mass is 9.94. The van der Waals surface area contributed by atoms with Gasteiger partial charge in [-0.2, -0.15) is 0 Å². The van der Waals surface area contributed by atoms with Gasteiger partial charge in [-0.25, -0.2) is 0 Å². The zero-order valence-corrected chi connectivity index (χ0v) is 12.4. The molecule has 2 aromatic carbocycles. The van der Waals surface area contributed by atoms with Gasteiger partial charge in [0.15, 0.2) is 0 Å². The van der Waals surface area contributed by atoms with Gasteiger partial charge >= 0.3 is 0 Å². The molecule has 0 aliphatic carbocycles. The number of hydrogen-bond donors (Lipinski definition) is 1. The summed E-state index contributed by atoms with van der Waals surface area (Å²) in [6, 6.07) is 11.2. The van der Waals surface area contributed by atoms with E-state index in [0.717, 1.165) is 36.3 Å². The Balaban J connectivity index is 2.04. The molecule has 0 aromatic heterocycles. The summed E-state index contributed by atoms with van der Waals surface area (Å²) >= 11 is 12.2. The average Bonchev–Trinajstić information content (AvgIpc) is 2.46. The average molecular weight is 308 g/mol. The van der Waals surface area contributed by atoms with Gasteiger partial charge in [0.1, 0.15) is 5.75 Å². The number of benzene rings is 2. The molecule has 0 fully saturated rings. The Kier molecular flexibility index (Phi) is 3.88. The Morgan fingerprint density at radius 3 is 2.75 bits per heavy atom. The van der Waals surface area contributed by atoms with Crippen molar-refractivity contribution in [2.24, 2.45) is 5.73 Å². The summed E-state index contributed by atoms with van der Waals surface area (Å²) in [7, 11) is 0. The minimum atomic E-state index is -0.312. The Labute approximate surface area is 128 Å². The van der Waals surface area contributed by atoms with Gasteiger partial charge in [0.2, 0.25) is 0 Å². The van der Waals surface area contributed by atoms with Crippen LogP contribution in [0.2, 0.25) is 10.0 Å². The number of rotatable bonds is 2. The van der Waals surface area contributed by atoms with Crippen LogP contribution in [0.3, 0.4) is 0 Å². The van der Waals surface area contributed by atoms with Gasteiger partial charge in [-0.1, -0.05) is 47.5 Å². The van der Waals surface area contributed by atoms with Crippen molar-refractivity contribution >= 4 is 23.2 Å². The normalized spacial score (nSPS) is 15.3. The lowest BCUT2D eigenvalue weighted by Crippen LogP contribution is -2.17. The second kappa shape index (κ2) is 5.65. The Morgan fingerprint density at radius 1 is 1.10 bits per heavy atom. The first-order valence-corrected chi connectivity index (χ1v) is 7.37. The van der Waals surface area contributed by atoms with E-state index in [-0.39, 0.29) is 6.04 Å². The lowest BCUT2D eigenvalue weighted by molar-refractivity contribution is 0.284. The maximum absolute atomic E-state index is 6.38. The van der Waals surface area contributed by atoms with Crippen LogP contribution in [-0.4, -0.2) is 6.61 Å². The van der Waals surface area contributed by atoms with Crippen LogP contribution in [0.25, 0.3) is 0 Å². The molecule has 1 aliphatic heterocycles. The summed E-state index contributed by atoms with van der Waals surface area (Å²) in [5.74, 6) is 0.914. The van der Waals surface area contributed by atoms with Crippen LogP contribution in [0.15, 0.2) is 36.4 Å². The second-order valence-corrected chi connectivity index (χ2v) is 5.77. The number of fused-ring (bicyclic) bond motifs is 1. The van der Waals surface area contributed by atoms with Crippen LogP contribution >= 0.6 is 23.2 Å². The fourth-order valence-electron chi connectivity index (χ4n) is 2.58. The Morgan fingerprint density at radius 2 is 1.95 bits per heavy atom. The Hall–Kier alpha value is -1.22. The number of halogens is 2. The Bertz CT molecular complexity index is 642. The molecule has 20 heavy (non-hydrogen) atoms. The predicted octanol–water partition coefficient (Wildman–Crippen LogP) is 4.37. The summed E-state index contributed by atoms with van der Waals surface area (Å²) in [6.45, 7) is 0.741. The standard InChI is InChI=1S/C16H15Cl2NO/c17-11-6-7-12(14(18)9-11)15(19)13-5-1-3-10-4-2-8-20-16(10)13/h1,3,5-7,9,15H,2,4,8,19H2. The number of aryl methyl sites for hydroxylation is 1. The molecule has 0 saturated carbocycles. The number of para-hydroxylation sites is 1.